The molecule has 0 spiro atoms. The van der Waals surface area contributed by atoms with E-state index in [0.717, 1.165) is 56.4 Å². The molecule has 0 unspecified atom stereocenters. The highest BCUT2D eigenvalue weighted by molar-refractivity contribution is 6.19. The smallest absolute Gasteiger partial charge is 0.359 e. The fourth-order valence-corrected chi connectivity index (χ4v) is 5.65. The number of H-pyrrole nitrogens is 2. The molecule has 1 radical (unpaired) electrons. The Balaban J connectivity index is 1.07. The van der Waals surface area contributed by atoms with Gasteiger partial charge in [-0.2, -0.15) is 15.4 Å². The number of rotatable bonds is 8. The number of hydrogen-bond donors (Lipinski definition) is 3. The maximum Gasteiger partial charge on any atom is 0.792 e. The number of amides is 2. The van der Waals surface area contributed by atoms with Crippen LogP contribution in [-0.2, 0) is 22.6 Å². The maximum absolute atomic E-state index is 13.6. The van der Waals surface area contributed by atoms with Crippen LogP contribution in [0.25, 0.3) is 28.6 Å². The number of fused-ring (bicyclic) bond motifs is 5. The second-order valence-electron chi connectivity index (χ2n) is 10.7. The molecule has 0 saturated carbocycles. The fraction of sp³-hybridized carbons (Fsp3) is 0.219. The van der Waals surface area contributed by atoms with Crippen LogP contribution in [0, 0.1) is 0 Å². The monoisotopic (exact) mass is 575 g/mol. The first-order chi connectivity index (χ1) is 20.9. The van der Waals surface area contributed by atoms with Crippen LogP contribution in [0.3, 0.4) is 0 Å². The van der Waals surface area contributed by atoms with E-state index in [-0.39, 0.29) is 31.2 Å². The summed E-state index contributed by atoms with van der Waals surface area (Å²) in [5.74, 6) is -0.231. The van der Waals surface area contributed by atoms with Gasteiger partial charge in [0.1, 0.15) is 11.4 Å². The Morgan fingerprint density at radius 3 is 2.58 bits per heavy atom. The van der Waals surface area contributed by atoms with Crippen LogP contribution in [0.5, 0.6) is 0 Å². The van der Waals surface area contributed by atoms with E-state index in [4.69, 9.17) is 0 Å². The molecule has 43 heavy (non-hydrogen) atoms. The summed E-state index contributed by atoms with van der Waals surface area (Å²) in [6.45, 7) is 4.40. The van der Waals surface area contributed by atoms with Gasteiger partial charge in [-0.05, 0) is 37.1 Å². The Hall–Kier alpha value is -5.06. The first kappa shape index (κ1) is 28.1. The Morgan fingerprint density at radius 1 is 1.02 bits per heavy atom. The van der Waals surface area contributed by atoms with Crippen molar-refractivity contribution < 1.29 is 18.4 Å². The number of aromatic nitrogens is 4. The molecule has 0 bridgehead atoms. The van der Waals surface area contributed by atoms with Crippen LogP contribution in [0.1, 0.15) is 43.6 Å². The van der Waals surface area contributed by atoms with Crippen LogP contribution >= 0.6 is 0 Å². The van der Waals surface area contributed by atoms with Gasteiger partial charge in [0.15, 0.2) is 11.4 Å². The lowest BCUT2D eigenvalue weighted by molar-refractivity contribution is -0.319. The largest absolute Gasteiger partial charge is 0.792 e. The van der Waals surface area contributed by atoms with Crippen molar-refractivity contribution in [3.63, 3.8) is 0 Å². The SMILES string of the molecule is CC1=CC(C)=[N+]([B]F)/C1=C\c1ccc(CCC(=O)NCCC(=O)N2Cc3ccccc3-c3n[nH]nc3-c3ccccc32)[nH]1. The number of anilines is 1. The van der Waals surface area contributed by atoms with Gasteiger partial charge in [-0.15, -0.1) is 0 Å². The van der Waals surface area contributed by atoms with Crippen LogP contribution in [0.2, 0.25) is 0 Å². The maximum atomic E-state index is 13.6. The third kappa shape index (κ3) is 5.70. The molecule has 2 aromatic heterocycles. The quantitative estimate of drug-likeness (QED) is 0.264. The number of benzene rings is 2. The van der Waals surface area contributed by atoms with Gasteiger partial charge in [-0.1, -0.05) is 42.5 Å². The summed E-state index contributed by atoms with van der Waals surface area (Å²) in [7, 11) is 0.561. The number of aryl methyl sites for hydroxylation is 1. The van der Waals surface area contributed by atoms with E-state index >= 15 is 0 Å². The number of hydrogen-bond acceptors (Lipinski definition) is 4. The molecular weight excluding hydrogens is 544 g/mol. The van der Waals surface area contributed by atoms with E-state index in [1.807, 2.05) is 86.7 Å². The lowest BCUT2D eigenvalue weighted by Crippen LogP contribution is -2.35. The summed E-state index contributed by atoms with van der Waals surface area (Å²) in [4.78, 5) is 31.3. The van der Waals surface area contributed by atoms with Crippen LogP contribution in [0.15, 0.2) is 78.0 Å². The molecule has 215 valence electrons. The zero-order valence-corrected chi connectivity index (χ0v) is 24.0. The second-order valence-corrected chi connectivity index (χ2v) is 10.7. The first-order valence-electron chi connectivity index (χ1n) is 14.2. The molecule has 2 aliphatic rings. The molecule has 0 aliphatic carbocycles. The molecule has 4 aromatic rings. The third-order valence-electron chi connectivity index (χ3n) is 7.81. The summed E-state index contributed by atoms with van der Waals surface area (Å²) >= 11 is 0. The van der Waals surface area contributed by atoms with Gasteiger partial charge in [0.05, 0.1) is 12.2 Å². The fourth-order valence-electron chi connectivity index (χ4n) is 5.65. The van der Waals surface area contributed by atoms with Crippen molar-refractivity contribution >= 4 is 37.0 Å². The highest BCUT2D eigenvalue weighted by Crippen LogP contribution is 2.39. The minimum atomic E-state index is -0.133. The van der Waals surface area contributed by atoms with Gasteiger partial charge in [0.2, 0.25) is 11.8 Å². The number of allylic oxidation sites excluding steroid dienone is 2. The topological polar surface area (TPSA) is 110 Å². The highest BCUT2D eigenvalue weighted by atomic mass is 19.1. The number of aromatic amines is 2. The molecule has 9 nitrogen and oxygen atoms in total. The molecule has 2 amide bonds. The Kier molecular flexibility index (Phi) is 7.87. The zero-order chi connectivity index (χ0) is 29.9. The Labute approximate surface area is 249 Å². The summed E-state index contributed by atoms with van der Waals surface area (Å²) in [6.07, 6.45) is 4.76. The Morgan fingerprint density at radius 2 is 1.77 bits per heavy atom. The number of nitrogens with one attached hydrogen (secondary N) is 3. The average molecular weight is 575 g/mol. The molecule has 2 aliphatic heterocycles. The molecule has 4 heterocycles. The van der Waals surface area contributed by atoms with E-state index in [1.54, 1.807) is 4.90 Å². The van der Waals surface area contributed by atoms with Gasteiger partial charge in [-0.25, -0.2) is 8.80 Å². The molecule has 2 aromatic carbocycles. The predicted octanol–water partition coefficient (Wildman–Crippen LogP) is 4.73. The van der Waals surface area contributed by atoms with E-state index < -0.39 is 0 Å². The van der Waals surface area contributed by atoms with Crippen molar-refractivity contribution in [2.75, 3.05) is 11.4 Å². The number of carbonyl (C=O) groups excluding carboxylic acids is 2. The van der Waals surface area contributed by atoms with E-state index in [0.29, 0.717) is 26.4 Å². The van der Waals surface area contributed by atoms with Crippen molar-refractivity contribution in [1.29, 1.82) is 0 Å². The molecule has 0 atom stereocenters. The van der Waals surface area contributed by atoms with E-state index in [2.05, 4.69) is 25.7 Å². The third-order valence-corrected chi connectivity index (χ3v) is 7.81. The van der Waals surface area contributed by atoms with Gasteiger partial charge in [0.25, 0.3) is 0 Å². The average Bonchev–Trinajstić information content (AvgIpc) is 3.73. The second kappa shape index (κ2) is 12.0. The summed E-state index contributed by atoms with van der Waals surface area (Å²) < 4.78 is 14.9. The van der Waals surface area contributed by atoms with Crippen molar-refractivity contribution in [3.05, 3.63) is 95.0 Å². The van der Waals surface area contributed by atoms with Crippen molar-refractivity contribution in [2.24, 2.45) is 0 Å². The van der Waals surface area contributed by atoms with Crippen molar-refractivity contribution in [1.82, 2.24) is 25.7 Å². The molecule has 6 rings (SSSR count). The normalized spacial score (nSPS) is 14.9. The molecule has 11 heteroatoms. The van der Waals surface area contributed by atoms with E-state index in [9.17, 15) is 13.9 Å². The molecule has 0 saturated heterocycles. The zero-order valence-electron chi connectivity index (χ0n) is 24.0. The standard InChI is InChI=1S/C32H31BFN7O2/c1-20-17-21(2)41(33-34)28(20)18-24-12-11-23(36-24)13-14-29(42)35-16-15-30(43)40-19-22-7-3-4-8-25(22)31-32(38-39-37-31)26-9-5-6-10-27(26)40/h3-12,17-18,36H,13-16,19H2,1-2H3,(H,35,42)(H,37,38,39)/q+1. The summed E-state index contributed by atoms with van der Waals surface area (Å²) in [5.41, 5.74) is 9.21. The lowest BCUT2D eigenvalue weighted by Gasteiger charge is -2.28. The minimum Gasteiger partial charge on any atom is -0.359 e. The molecule has 0 fully saturated rings. The van der Waals surface area contributed by atoms with Crippen LogP contribution in [-0.4, -0.2) is 56.6 Å². The van der Waals surface area contributed by atoms with Gasteiger partial charge >= 0.3 is 7.69 Å². The number of carbonyl (C=O) groups is 2. The predicted molar refractivity (Wildman–Crippen MR) is 165 cm³/mol. The summed E-state index contributed by atoms with van der Waals surface area (Å²) in [5, 5.41) is 14.4. The number of halogens is 1. The van der Waals surface area contributed by atoms with Gasteiger partial charge in [-0.3, -0.25) is 9.59 Å². The molecule has 3 N–H and O–H groups in total. The molecular formula is C32H31BFN7O2+. The number of para-hydroxylation sites is 1. The first-order valence-corrected chi connectivity index (χ1v) is 14.2. The van der Waals surface area contributed by atoms with Crippen LogP contribution in [0.4, 0.5) is 10.0 Å². The highest BCUT2D eigenvalue weighted by Gasteiger charge is 2.29. The number of nitrogens with zero attached hydrogens (tertiary/aromatic N) is 4. The minimum absolute atomic E-state index is 0.0974. The van der Waals surface area contributed by atoms with Crippen LogP contribution < -0.4 is 10.2 Å². The lowest BCUT2D eigenvalue weighted by atomic mass is 9.96. The van der Waals surface area contributed by atoms with Crippen molar-refractivity contribution in [2.45, 2.75) is 39.7 Å². The van der Waals surface area contributed by atoms with Gasteiger partial charge < -0.3 is 15.2 Å². The van der Waals surface area contributed by atoms with Crippen molar-refractivity contribution in [3.8, 4) is 22.5 Å². The van der Waals surface area contributed by atoms with E-state index in [1.165, 1.54) is 4.49 Å². The Bertz CT molecular complexity index is 1800. The van der Waals surface area contributed by atoms with Gasteiger partial charge in [0, 0.05) is 66.6 Å². The summed E-state index contributed by atoms with van der Waals surface area (Å²) in [6, 6.07) is 19.4.